The molecule has 1 aromatic carbocycles. The van der Waals surface area contributed by atoms with Crippen LogP contribution in [0.5, 0.6) is 0 Å². The highest BCUT2D eigenvalue weighted by atomic mass is 19.1. The van der Waals surface area contributed by atoms with Crippen LogP contribution in [0.25, 0.3) is 0 Å². The quantitative estimate of drug-likeness (QED) is 0.835. The van der Waals surface area contributed by atoms with Crippen LogP contribution < -0.4 is 5.32 Å². The van der Waals surface area contributed by atoms with E-state index >= 15 is 0 Å². The molecule has 0 bridgehead atoms. The van der Waals surface area contributed by atoms with Gasteiger partial charge in [-0.1, -0.05) is 6.42 Å². The normalized spacial score (nSPS) is 20.6. The zero-order valence-corrected chi connectivity index (χ0v) is 10.4. The molecule has 1 nitrogen and oxygen atoms in total. The van der Waals surface area contributed by atoms with E-state index in [9.17, 15) is 8.78 Å². The standard InChI is InChI=1S/C14H19F2N/c1-9-7-13(15)10(2)12(14(9)16)8-11-5-3-4-6-17-11/h7,11,17H,3-6,8H2,1-2H3. The van der Waals surface area contributed by atoms with E-state index < -0.39 is 0 Å². The summed E-state index contributed by atoms with van der Waals surface area (Å²) < 4.78 is 27.6. The summed E-state index contributed by atoms with van der Waals surface area (Å²) in [7, 11) is 0. The molecule has 1 fully saturated rings. The molecule has 2 rings (SSSR count). The molecule has 1 saturated heterocycles. The van der Waals surface area contributed by atoms with Crippen molar-refractivity contribution < 1.29 is 8.78 Å². The predicted molar refractivity (Wildman–Crippen MR) is 65.2 cm³/mol. The van der Waals surface area contributed by atoms with Crippen LogP contribution >= 0.6 is 0 Å². The third-order valence-corrected chi connectivity index (χ3v) is 3.63. The van der Waals surface area contributed by atoms with Crippen molar-refractivity contribution >= 4 is 0 Å². The van der Waals surface area contributed by atoms with E-state index in [0.717, 1.165) is 13.0 Å². The molecule has 3 heteroatoms. The van der Waals surface area contributed by atoms with Crippen LogP contribution in [-0.2, 0) is 6.42 Å². The lowest BCUT2D eigenvalue weighted by Crippen LogP contribution is -2.36. The molecule has 0 saturated carbocycles. The van der Waals surface area contributed by atoms with Crippen molar-refractivity contribution in [3.63, 3.8) is 0 Å². The lowest BCUT2D eigenvalue weighted by Gasteiger charge is -2.24. The second-order valence-electron chi connectivity index (χ2n) is 4.94. The molecule has 94 valence electrons. The summed E-state index contributed by atoms with van der Waals surface area (Å²) in [5, 5.41) is 3.37. The maximum Gasteiger partial charge on any atom is 0.129 e. The first-order valence-electron chi connectivity index (χ1n) is 6.27. The molecule has 0 amide bonds. The number of piperidine rings is 1. The molecule has 1 unspecified atom stereocenters. The fourth-order valence-corrected chi connectivity index (χ4v) is 2.50. The number of aryl methyl sites for hydroxylation is 1. The smallest absolute Gasteiger partial charge is 0.129 e. The number of nitrogens with one attached hydrogen (secondary N) is 1. The molecule has 1 heterocycles. The van der Waals surface area contributed by atoms with Crippen LogP contribution in [0.2, 0.25) is 0 Å². The number of halogens is 2. The topological polar surface area (TPSA) is 12.0 Å². The molecule has 0 radical (unpaired) electrons. The van der Waals surface area contributed by atoms with Gasteiger partial charge in [0.1, 0.15) is 11.6 Å². The lowest BCUT2D eigenvalue weighted by atomic mass is 9.93. The van der Waals surface area contributed by atoms with Crippen molar-refractivity contribution in [2.24, 2.45) is 0 Å². The zero-order valence-electron chi connectivity index (χ0n) is 10.4. The highest BCUT2D eigenvalue weighted by molar-refractivity contribution is 5.34. The van der Waals surface area contributed by atoms with Crippen molar-refractivity contribution in [3.05, 3.63) is 34.4 Å². The van der Waals surface area contributed by atoms with E-state index in [-0.39, 0.29) is 17.7 Å². The van der Waals surface area contributed by atoms with Gasteiger partial charge in [-0.25, -0.2) is 8.78 Å². The molecule has 0 aliphatic carbocycles. The Hall–Kier alpha value is -0.960. The lowest BCUT2D eigenvalue weighted by molar-refractivity contribution is 0.393. The average Bonchev–Trinajstić information content (AvgIpc) is 2.33. The van der Waals surface area contributed by atoms with Gasteiger partial charge in [-0.2, -0.15) is 0 Å². The van der Waals surface area contributed by atoms with E-state index in [1.807, 2.05) is 0 Å². The van der Waals surface area contributed by atoms with Gasteiger partial charge in [-0.15, -0.1) is 0 Å². The Kier molecular flexibility index (Phi) is 3.77. The van der Waals surface area contributed by atoms with Gasteiger partial charge >= 0.3 is 0 Å². The maximum atomic E-state index is 14.0. The molecular formula is C14H19F2N. The first-order valence-corrected chi connectivity index (χ1v) is 6.27. The Balaban J connectivity index is 2.24. The molecule has 1 aliphatic rings. The Bertz CT molecular complexity index is 383. The first kappa shape index (κ1) is 12.5. The molecule has 0 aromatic heterocycles. The maximum absolute atomic E-state index is 14.0. The number of hydrogen-bond acceptors (Lipinski definition) is 1. The minimum absolute atomic E-state index is 0.240. The number of hydrogen-bond donors (Lipinski definition) is 1. The van der Waals surface area contributed by atoms with E-state index in [1.54, 1.807) is 13.8 Å². The van der Waals surface area contributed by atoms with Crippen molar-refractivity contribution in [2.45, 2.75) is 45.6 Å². The molecule has 1 aliphatic heterocycles. The molecule has 1 atom stereocenters. The monoisotopic (exact) mass is 239 g/mol. The van der Waals surface area contributed by atoms with Gasteiger partial charge < -0.3 is 5.32 Å². The van der Waals surface area contributed by atoms with Crippen molar-refractivity contribution in [1.82, 2.24) is 5.32 Å². The average molecular weight is 239 g/mol. The summed E-state index contributed by atoms with van der Waals surface area (Å²) in [6, 6.07) is 1.57. The highest BCUT2D eigenvalue weighted by Gasteiger charge is 2.19. The third-order valence-electron chi connectivity index (χ3n) is 3.63. The Morgan fingerprint density at radius 1 is 1.29 bits per heavy atom. The molecule has 0 spiro atoms. The molecular weight excluding hydrogens is 220 g/mol. The highest BCUT2D eigenvalue weighted by Crippen LogP contribution is 2.23. The number of rotatable bonds is 2. The van der Waals surface area contributed by atoms with Gasteiger partial charge in [-0.05, 0) is 62.4 Å². The van der Waals surface area contributed by atoms with Crippen LogP contribution in [0.1, 0.15) is 36.0 Å². The molecule has 1 aromatic rings. The molecule has 17 heavy (non-hydrogen) atoms. The van der Waals surface area contributed by atoms with Gasteiger partial charge in [0, 0.05) is 6.04 Å². The van der Waals surface area contributed by atoms with E-state index in [1.165, 1.54) is 18.9 Å². The first-order chi connectivity index (χ1) is 8.09. The summed E-state index contributed by atoms with van der Waals surface area (Å²) >= 11 is 0. The van der Waals surface area contributed by atoms with E-state index in [2.05, 4.69) is 5.32 Å². The van der Waals surface area contributed by atoms with Crippen molar-refractivity contribution in [2.75, 3.05) is 6.54 Å². The van der Waals surface area contributed by atoms with Gasteiger partial charge in [0.05, 0.1) is 0 Å². The Labute approximate surface area is 101 Å². The van der Waals surface area contributed by atoms with E-state index in [0.29, 0.717) is 23.1 Å². The number of benzene rings is 1. The second kappa shape index (κ2) is 5.13. The summed E-state index contributed by atoms with van der Waals surface area (Å²) in [4.78, 5) is 0. The Morgan fingerprint density at radius 3 is 2.71 bits per heavy atom. The van der Waals surface area contributed by atoms with Gasteiger partial charge in [0.25, 0.3) is 0 Å². The second-order valence-corrected chi connectivity index (χ2v) is 4.94. The molecule has 1 N–H and O–H groups in total. The summed E-state index contributed by atoms with van der Waals surface area (Å²) in [5.74, 6) is -0.536. The van der Waals surface area contributed by atoms with Gasteiger partial charge in [0.15, 0.2) is 0 Å². The van der Waals surface area contributed by atoms with Crippen LogP contribution in [0.4, 0.5) is 8.78 Å². The minimum Gasteiger partial charge on any atom is -0.314 e. The van der Waals surface area contributed by atoms with Crippen LogP contribution in [0.3, 0.4) is 0 Å². The fraction of sp³-hybridized carbons (Fsp3) is 0.571. The van der Waals surface area contributed by atoms with E-state index in [4.69, 9.17) is 0 Å². The fourth-order valence-electron chi connectivity index (χ4n) is 2.50. The SMILES string of the molecule is Cc1cc(F)c(C)c(CC2CCCCN2)c1F. The third kappa shape index (κ3) is 2.65. The van der Waals surface area contributed by atoms with Crippen LogP contribution in [0.15, 0.2) is 6.07 Å². The summed E-state index contributed by atoms with van der Waals surface area (Å²) in [6.45, 7) is 4.27. The van der Waals surface area contributed by atoms with Crippen molar-refractivity contribution in [3.8, 4) is 0 Å². The predicted octanol–water partition coefficient (Wildman–Crippen LogP) is 3.27. The summed E-state index contributed by atoms with van der Waals surface area (Å²) in [5.41, 5.74) is 1.40. The summed E-state index contributed by atoms with van der Waals surface area (Å²) in [6.07, 6.45) is 4.00. The zero-order chi connectivity index (χ0) is 12.4. The van der Waals surface area contributed by atoms with Gasteiger partial charge in [0.2, 0.25) is 0 Å². The van der Waals surface area contributed by atoms with Crippen LogP contribution in [0, 0.1) is 25.5 Å². The largest absolute Gasteiger partial charge is 0.314 e. The van der Waals surface area contributed by atoms with Crippen molar-refractivity contribution in [1.29, 1.82) is 0 Å². The Morgan fingerprint density at radius 2 is 2.06 bits per heavy atom. The minimum atomic E-state index is -0.297. The van der Waals surface area contributed by atoms with Crippen LogP contribution in [-0.4, -0.2) is 12.6 Å². The van der Waals surface area contributed by atoms with Gasteiger partial charge in [-0.3, -0.25) is 0 Å².